The monoisotopic (exact) mass is 294 g/mol. The fourth-order valence-corrected chi connectivity index (χ4v) is 1.88. The third kappa shape index (κ3) is 3.82. The molecule has 1 amide bonds. The zero-order valence-electron chi connectivity index (χ0n) is 11.0. The van der Waals surface area contributed by atoms with Gasteiger partial charge in [0.1, 0.15) is 5.82 Å². The summed E-state index contributed by atoms with van der Waals surface area (Å²) in [5, 5.41) is 2.89. The van der Waals surface area contributed by atoms with E-state index in [9.17, 15) is 18.0 Å². The minimum atomic E-state index is -1.22. The van der Waals surface area contributed by atoms with Crippen molar-refractivity contribution in [1.29, 1.82) is 0 Å². The number of amides is 1. The summed E-state index contributed by atoms with van der Waals surface area (Å²) in [6.07, 6.45) is 0. The van der Waals surface area contributed by atoms with Crippen molar-refractivity contribution < 1.29 is 18.0 Å². The van der Waals surface area contributed by atoms with Crippen molar-refractivity contribution in [3.05, 3.63) is 70.5 Å². The molecule has 3 N–H and O–H groups in total. The quantitative estimate of drug-likeness (QED) is 0.832. The minimum Gasteiger partial charge on any atom is -0.366 e. The third-order valence-electron chi connectivity index (χ3n) is 2.95. The van der Waals surface area contributed by atoms with Crippen LogP contribution in [0, 0.1) is 17.5 Å². The highest BCUT2D eigenvalue weighted by Gasteiger charge is 2.09. The Labute approximate surface area is 119 Å². The van der Waals surface area contributed by atoms with Gasteiger partial charge in [0, 0.05) is 30.3 Å². The van der Waals surface area contributed by atoms with Crippen molar-refractivity contribution in [2.75, 3.05) is 0 Å². The first-order valence-electron chi connectivity index (χ1n) is 6.20. The van der Waals surface area contributed by atoms with Crippen LogP contribution in [0.25, 0.3) is 0 Å². The Balaban J connectivity index is 2.00. The van der Waals surface area contributed by atoms with Crippen molar-refractivity contribution in [2.24, 2.45) is 5.73 Å². The highest BCUT2D eigenvalue weighted by atomic mass is 19.2. The zero-order valence-corrected chi connectivity index (χ0v) is 11.0. The third-order valence-corrected chi connectivity index (χ3v) is 2.95. The van der Waals surface area contributed by atoms with Gasteiger partial charge in [-0.2, -0.15) is 0 Å². The highest BCUT2D eigenvalue weighted by molar-refractivity contribution is 5.92. The number of carbonyl (C=O) groups excluding carboxylic acids is 1. The predicted molar refractivity (Wildman–Crippen MR) is 71.8 cm³/mol. The normalized spacial score (nSPS) is 10.6. The Morgan fingerprint density at radius 2 is 1.71 bits per heavy atom. The smallest absolute Gasteiger partial charge is 0.248 e. The molecule has 6 heteroatoms. The van der Waals surface area contributed by atoms with E-state index in [1.807, 2.05) is 0 Å². The number of hydrogen-bond donors (Lipinski definition) is 2. The highest BCUT2D eigenvalue weighted by Crippen LogP contribution is 2.13. The van der Waals surface area contributed by atoms with Gasteiger partial charge in [0.2, 0.25) is 5.91 Å². The van der Waals surface area contributed by atoms with Crippen LogP contribution in [0.2, 0.25) is 0 Å². The van der Waals surface area contributed by atoms with Crippen LogP contribution < -0.4 is 11.1 Å². The first kappa shape index (κ1) is 15.1. The number of halogens is 3. The van der Waals surface area contributed by atoms with Crippen LogP contribution >= 0.6 is 0 Å². The minimum absolute atomic E-state index is 0.0277. The van der Waals surface area contributed by atoms with Gasteiger partial charge in [-0.1, -0.05) is 12.1 Å². The number of carbonyl (C=O) groups is 1. The second-order valence-electron chi connectivity index (χ2n) is 4.53. The lowest BCUT2D eigenvalue weighted by Gasteiger charge is -2.07. The Bertz CT molecular complexity index is 674. The number of primary amides is 1. The van der Waals surface area contributed by atoms with Gasteiger partial charge >= 0.3 is 0 Å². The molecular weight excluding hydrogens is 281 g/mol. The molecule has 0 aliphatic heterocycles. The van der Waals surface area contributed by atoms with E-state index < -0.39 is 23.4 Å². The van der Waals surface area contributed by atoms with Crippen LogP contribution in [0.1, 0.15) is 21.5 Å². The summed E-state index contributed by atoms with van der Waals surface area (Å²) < 4.78 is 39.2. The van der Waals surface area contributed by atoms with Crippen molar-refractivity contribution in [1.82, 2.24) is 5.32 Å². The molecule has 0 aromatic heterocycles. The van der Waals surface area contributed by atoms with E-state index in [1.54, 1.807) is 24.3 Å². The summed E-state index contributed by atoms with van der Waals surface area (Å²) in [6, 6.07) is 7.96. The zero-order chi connectivity index (χ0) is 15.4. The average molecular weight is 294 g/mol. The average Bonchev–Trinajstić information content (AvgIpc) is 2.44. The van der Waals surface area contributed by atoms with Gasteiger partial charge < -0.3 is 11.1 Å². The summed E-state index contributed by atoms with van der Waals surface area (Å²) in [6.45, 7) is 0.364. The van der Waals surface area contributed by atoms with Crippen LogP contribution in [0.4, 0.5) is 13.2 Å². The van der Waals surface area contributed by atoms with Gasteiger partial charge in [-0.15, -0.1) is 0 Å². The summed E-state index contributed by atoms with van der Waals surface area (Å²) >= 11 is 0. The van der Waals surface area contributed by atoms with E-state index in [4.69, 9.17) is 5.73 Å². The van der Waals surface area contributed by atoms with E-state index in [2.05, 4.69) is 5.32 Å². The van der Waals surface area contributed by atoms with Gasteiger partial charge in [0.05, 0.1) is 0 Å². The Morgan fingerprint density at radius 3 is 2.43 bits per heavy atom. The molecule has 0 unspecified atom stereocenters. The van der Waals surface area contributed by atoms with Crippen molar-refractivity contribution in [3.8, 4) is 0 Å². The largest absolute Gasteiger partial charge is 0.366 e. The molecule has 110 valence electrons. The van der Waals surface area contributed by atoms with Gasteiger partial charge in [-0.05, 0) is 23.8 Å². The Morgan fingerprint density at radius 1 is 1.00 bits per heavy atom. The fraction of sp³-hybridized carbons (Fsp3) is 0.133. The van der Waals surface area contributed by atoms with Crippen LogP contribution in [0.3, 0.4) is 0 Å². The standard InChI is InChI=1S/C15H13F3N2O/c16-12-6-14(18)13(17)5-11(12)8-20-7-9-2-1-3-10(4-9)15(19)21/h1-6,20H,7-8H2,(H2,19,21). The molecule has 3 nitrogen and oxygen atoms in total. The second-order valence-corrected chi connectivity index (χ2v) is 4.53. The second kappa shape index (κ2) is 6.41. The van der Waals surface area contributed by atoms with Crippen molar-refractivity contribution >= 4 is 5.91 Å². The number of benzene rings is 2. The lowest BCUT2D eigenvalue weighted by molar-refractivity contribution is 0.1000. The van der Waals surface area contributed by atoms with Gasteiger partial charge in [0.15, 0.2) is 11.6 Å². The molecule has 21 heavy (non-hydrogen) atoms. The molecule has 2 rings (SSSR count). The number of nitrogens with one attached hydrogen (secondary N) is 1. The first-order valence-corrected chi connectivity index (χ1v) is 6.20. The predicted octanol–water partition coefficient (Wildman–Crippen LogP) is 2.49. The number of rotatable bonds is 5. The molecule has 0 radical (unpaired) electrons. The molecule has 0 heterocycles. The summed E-state index contributed by atoms with van der Waals surface area (Å²) in [5.74, 6) is -3.66. The van der Waals surface area contributed by atoms with Crippen LogP contribution in [-0.4, -0.2) is 5.91 Å². The molecule has 0 saturated carbocycles. The maximum Gasteiger partial charge on any atom is 0.248 e. The maximum absolute atomic E-state index is 13.4. The fourth-order valence-electron chi connectivity index (χ4n) is 1.88. The molecule has 0 aliphatic carbocycles. The topological polar surface area (TPSA) is 55.1 Å². The summed E-state index contributed by atoms with van der Waals surface area (Å²) in [5.41, 5.74) is 6.34. The van der Waals surface area contributed by atoms with E-state index in [0.717, 1.165) is 11.6 Å². The number of nitrogens with two attached hydrogens (primary N) is 1. The molecule has 0 atom stereocenters. The van der Waals surface area contributed by atoms with Crippen molar-refractivity contribution in [3.63, 3.8) is 0 Å². The molecular formula is C15H13F3N2O. The maximum atomic E-state index is 13.4. The number of hydrogen-bond acceptors (Lipinski definition) is 2. The van der Waals surface area contributed by atoms with Crippen LogP contribution in [0.15, 0.2) is 36.4 Å². The van der Waals surface area contributed by atoms with E-state index >= 15 is 0 Å². The molecule has 0 aliphatic rings. The molecule has 0 fully saturated rings. The molecule has 2 aromatic carbocycles. The van der Waals surface area contributed by atoms with Gasteiger partial charge in [0.25, 0.3) is 0 Å². The molecule has 0 spiro atoms. The summed E-state index contributed by atoms with van der Waals surface area (Å²) in [7, 11) is 0. The first-order chi connectivity index (χ1) is 9.97. The Hall–Kier alpha value is -2.34. The van der Waals surface area contributed by atoms with E-state index in [-0.39, 0.29) is 12.1 Å². The molecule has 0 saturated heterocycles. The van der Waals surface area contributed by atoms with Crippen LogP contribution in [-0.2, 0) is 13.1 Å². The lowest BCUT2D eigenvalue weighted by Crippen LogP contribution is -2.16. The van der Waals surface area contributed by atoms with E-state index in [0.29, 0.717) is 18.2 Å². The molecule has 2 aromatic rings. The van der Waals surface area contributed by atoms with Gasteiger partial charge in [-0.3, -0.25) is 4.79 Å². The molecule has 0 bridgehead atoms. The lowest BCUT2D eigenvalue weighted by atomic mass is 10.1. The van der Waals surface area contributed by atoms with E-state index in [1.165, 1.54) is 0 Å². The van der Waals surface area contributed by atoms with Gasteiger partial charge in [-0.25, -0.2) is 13.2 Å². The Kier molecular flexibility index (Phi) is 4.59. The van der Waals surface area contributed by atoms with Crippen molar-refractivity contribution in [2.45, 2.75) is 13.1 Å². The summed E-state index contributed by atoms with van der Waals surface area (Å²) in [4.78, 5) is 11.0. The SMILES string of the molecule is NC(=O)c1cccc(CNCc2cc(F)c(F)cc2F)c1. The van der Waals surface area contributed by atoms with Crippen LogP contribution in [0.5, 0.6) is 0 Å².